The molecule has 2 aromatic rings. The van der Waals surface area contributed by atoms with Crippen LogP contribution < -0.4 is 15.8 Å². The number of anilines is 1. The first-order valence-corrected chi connectivity index (χ1v) is 7.10. The van der Waals surface area contributed by atoms with Crippen molar-refractivity contribution in [2.75, 3.05) is 11.9 Å². The first kappa shape index (κ1) is 15.1. The highest BCUT2D eigenvalue weighted by molar-refractivity contribution is 7.12. The molecule has 1 aromatic heterocycles. The molecule has 0 aliphatic heterocycles. The van der Waals surface area contributed by atoms with Crippen LogP contribution in [0.2, 0.25) is 5.02 Å². The van der Waals surface area contributed by atoms with Crippen LogP contribution in [0, 0.1) is 0 Å². The van der Waals surface area contributed by atoms with E-state index in [2.05, 4.69) is 10.5 Å². The number of oxime groups is 1. The van der Waals surface area contributed by atoms with Crippen molar-refractivity contribution in [2.45, 2.75) is 0 Å². The summed E-state index contributed by atoms with van der Waals surface area (Å²) in [4.78, 5) is 12.5. The van der Waals surface area contributed by atoms with E-state index in [0.29, 0.717) is 21.3 Å². The van der Waals surface area contributed by atoms with Gasteiger partial charge in [-0.2, -0.15) is 0 Å². The van der Waals surface area contributed by atoms with Gasteiger partial charge in [-0.25, -0.2) is 0 Å². The maximum atomic E-state index is 12.1. The van der Waals surface area contributed by atoms with Crippen LogP contribution in [0.4, 0.5) is 5.69 Å². The molecule has 8 heteroatoms. The van der Waals surface area contributed by atoms with Crippen LogP contribution in [-0.4, -0.2) is 23.6 Å². The fourth-order valence-electron chi connectivity index (χ4n) is 1.51. The van der Waals surface area contributed by atoms with E-state index in [9.17, 15) is 4.79 Å². The third-order valence-electron chi connectivity index (χ3n) is 2.46. The summed E-state index contributed by atoms with van der Waals surface area (Å²) in [5.41, 5.74) is 5.81. The monoisotopic (exact) mass is 325 g/mol. The van der Waals surface area contributed by atoms with Crippen LogP contribution >= 0.6 is 22.9 Å². The van der Waals surface area contributed by atoms with Crippen LogP contribution in [0.1, 0.15) is 9.67 Å². The number of ether oxygens (including phenoxy) is 1. The second-order valence-corrected chi connectivity index (χ2v) is 5.25. The summed E-state index contributed by atoms with van der Waals surface area (Å²) >= 11 is 7.17. The number of amides is 1. The maximum Gasteiger partial charge on any atom is 0.267 e. The second kappa shape index (κ2) is 6.96. The highest BCUT2D eigenvalue weighted by Crippen LogP contribution is 2.27. The van der Waals surface area contributed by atoms with Crippen LogP contribution in [-0.2, 0) is 0 Å². The Bertz CT molecular complexity index is 672. The predicted octanol–water partition coefficient (Wildman–Crippen LogP) is 2.78. The molecule has 0 unspecified atom stereocenters. The minimum Gasteiger partial charge on any atom is -0.483 e. The molecule has 1 aromatic carbocycles. The van der Waals surface area contributed by atoms with Gasteiger partial charge in [0.15, 0.2) is 5.84 Å². The van der Waals surface area contributed by atoms with E-state index in [-0.39, 0.29) is 18.3 Å². The van der Waals surface area contributed by atoms with Gasteiger partial charge in [0.2, 0.25) is 0 Å². The number of halogens is 1. The number of benzene rings is 1. The zero-order valence-corrected chi connectivity index (χ0v) is 12.3. The Hall–Kier alpha value is -2.25. The number of nitrogens with zero attached hydrogens (tertiary/aromatic N) is 1. The number of hydrogen-bond donors (Lipinski definition) is 3. The molecule has 110 valence electrons. The number of para-hydroxylation sites is 2. The van der Waals surface area contributed by atoms with Crippen LogP contribution in [0.3, 0.4) is 0 Å². The number of hydrogen-bond acceptors (Lipinski definition) is 5. The second-order valence-electron chi connectivity index (χ2n) is 3.93. The molecule has 21 heavy (non-hydrogen) atoms. The molecule has 0 fully saturated rings. The molecular weight excluding hydrogens is 314 g/mol. The Morgan fingerprint density at radius 3 is 2.86 bits per heavy atom. The number of nitrogens with one attached hydrogen (secondary N) is 1. The molecule has 0 radical (unpaired) electrons. The number of amidine groups is 1. The third kappa shape index (κ3) is 3.87. The first-order chi connectivity index (χ1) is 10.1. The van der Waals surface area contributed by atoms with Crippen LogP contribution in [0.25, 0.3) is 0 Å². The lowest BCUT2D eigenvalue weighted by atomic mass is 10.3. The topological polar surface area (TPSA) is 96.9 Å². The highest BCUT2D eigenvalue weighted by atomic mass is 35.5. The summed E-state index contributed by atoms with van der Waals surface area (Å²) in [5.74, 6) is 0.0115. The molecule has 0 bridgehead atoms. The molecule has 4 N–H and O–H groups in total. The van der Waals surface area contributed by atoms with Gasteiger partial charge >= 0.3 is 0 Å². The van der Waals surface area contributed by atoms with Crippen molar-refractivity contribution in [1.82, 2.24) is 0 Å². The highest BCUT2D eigenvalue weighted by Gasteiger charge is 2.14. The van der Waals surface area contributed by atoms with E-state index in [1.807, 2.05) is 0 Å². The first-order valence-electron chi connectivity index (χ1n) is 5.84. The van der Waals surface area contributed by atoms with Crippen molar-refractivity contribution < 1.29 is 14.7 Å². The number of rotatable bonds is 5. The van der Waals surface area contributed by atoms with E-state index in [1.165, 1.54) is 11.3 Å². The summed E-state index contributed by atoms with van der Waals surface area (Å²) in [5, 5.41) is 16.1. The van der Waals surface area contributed by atoms with Crippen molar-refractivity contribution >= 4 is 40.4 Å². The molecule has 1 amide bonds. The summed E-state index contributed by atoms with van der Waals surface area (Å²) in [6.07, 6.45) is 0. The Morgan fingerprint density at radius 2 is 2.19 bits per heavy atom. The molecule has 2 rings (SSSR count). The van der Waals surface area contributed by atoms with Crippen molar-refractivity contribution in [1.29, 1.82) is 0 Å². The summed E-state index contributed by atoms with van der Waals surface area (Å²) in [6.45, 7) is -0.0941. The molecule has 6 nitrogen and oxygen atoms in total. The lowest BCUT2D eigenvalue weighted by Crippen LogP contribution is -2.21. The third-order valence-corrected chi connectivity index (χ3v) is 3.80. The minimum atomic E-state index is -0.324. The molecule has 0 saturated heterocycles. The maximum absolute atomic E-state index is 12.1. The molecule has 1 heterocycles. The van der Waals surface area contributed by atoms with E-state index in [4.69, 9.17) is 27.3 Å². The van der Waals surface area contributed by atoms with E-state index in [0.717, 1.165) is 0 Å². The standard InChI is InChI=1S/C13H12ClN3O3S/c14-8-5-6-21-12(8)13(18)16-9-3-1-2-4-10(9)20-7-11(15)17-19/h1-6,19H,7H2,(H2,15,17)(H,16,18). The van der Waals surface area contributed by atoms with Gasteiger partial charge in [0.25, 0.3) is 5.91 Å². The Morgan fingerprint density at radius 1 is 1.43 bits per heavy atom. The van der Waals surface area contributed by atoms with Crippen molar-refractivity contribution in [3.05, 3.63) is 45.6 Å². The smallest absolute Gasteiger partial charge is 0.267 e. The number of thiophene rings is 1. The largest absolute Gasteiger partial charge is 0.483 e. The molecule has 0 aliphatic rings. The zero-order chi connectivity index (χ0) is 15.2. The van der Waals surface area contributed by atoms with Gasteiger partial charge in [-0.15, -0.1) is 11.3 Å². The molecule has 0 aliphatic carbocycles. The number of nitrogens with two attached hydrogens (primary N) is 1. The SMILES string of the molecule is N/C(COc1ccccc1NC(=O)c1sccc1Cl)=N/O. The van der Waals surface area contributed by atoms with Gasteiger partial charge < -0.3 is 21.0 Å². The fourth-order valence-corrected chi connectivity index (χ4v) is 2.55. The summed E-state index contributed by atoms with van der Waals surface area (Å²) in [7, 11) is 0. The van der Waals surface area contributed by atoms with Crippen LogP contribution in [0.5, 0.6) is 5.75 Å². The van der Waals surface area contributed by atoms with Crippen molar-refractivity contribution in [3.8, 4) is 5.75 Å². The van der Waals surface area contributed by atoms with Gasteiger partial charge in [-0.3, -0.25) is 4.79 Å². The van der Waals surface area contributed by atoms with Crippen molar-refractivity contribution in [2.24, 2.45) is 10.9 Å². The Kier molecular flexibility index (Phi) is 5.02. The van der Waals surface area contributed by atoms with Gasteiger partial charge in [0.1, 0.15) is 17.2 Å². The molecule has 0 saturated carbocycles. The Labute approximate surface area is 129 Å². The lowest BCUT2D eigenvalue weighted by Gasteiger charge is -2.11. The van der Waals surface area contributed by atoms with Gasteiger partial charge in [-0.05, 0) is 23.6 Å². The average Bonchev–Trinajstić information content (AvgIpc) is 2.92. The van der Waals surface area contributed by atoms with E-state index >= 15 is 0 Å². The van der Waals surface area contributed by atoms with Gasteiger partial charge in [0, 0.05) is 0 Å². The van der Waals surface area contributed by atoms with Crippen molar-refractivity contribution in [3.63, 3.8) is 0 Å². The van der Waals surface area contributed by atoms with Crippen LogP contribution in [0.15, 0.2) is 40.9 Å². The zero-order valence-electron chi connectivity index (χ0n) is 10.7. The summed E-state index contributed by atoms with van der Waals surface area (Å²) in [6, 6.07) is 8.50. The fraction of sp³-hybridized carbons (Fsp3) is 0.0769. The summed E-state index contributed by atoms with van der Waals surface area (Å²) < 4.78 is 5.38. The average molecular weight is 326 g/mol. The lowest BCUT2D eigenvalue weighted by molar-refractivity contribution is 0.103. The van der Waals surface area contributed by atoms with E-state index < -0.39 is 0 Å². The van der Waals surface area contributed by atoms with E-state index in [1.54, 1.807) is 35.7 Å². The Balaban J connectivity index is 2.13. The minimum absolute atomic E-state index is 0.0718. The molecule has 0 spiro atoms. The quantitative estimate of drug-likeness (QED) is 0.341. The van der Waals surface area contributed by atoms with Gasteiger partial charge in [-0.1, -0.05) is 28.9 Å². The number of carbonyl (C=O) groups excluding carboxylic acids is 1. The normalized spacial score (nSPS) is 11.2. The molecule has 0 atom stereocenters. The van der Waals surface area contributed by atoms with Gasteiger partial charge in [0.05, 0.1) is 10.7 Å². The molecular formula is C13H12ClN3O3S. The number of carbonyl (C=O) groups is 1. The predicted molar refractivity (Wildman–Crippen MR) is 82.6 cm³/mol.